The minimum atomic E-state index is -0.740. The highest BCUT2D eigenvalue weighted by Gasteiger charge is 2.35. The maximum atomic E-state index is 12.5. The van der Waals surface area contributed by atoms with Crippen LogP contribution in [0.4, 0.5) is 0 Å². The number of nitrogens with one attached hydrogen (secondary N) is 1. The predicted molar refractivity (Wildman–Crippen MR) is 111 cm³/mol. The summed E-state index contributed by atoms with van der Waals surface area (Å²) in [7, 11) is 1.46. The lowest BCUT2D eigenvalue weighted by Gasteiger charge is -2.28. The molecule has 1 aliphatic rings. The summed E-state index contributed by atoms with van der Waals surface area (Å²) in [6.45, 7) is 3.75. The molecule has 156 valence electrons. The van der Waals surface area contributed by atoms with Crippen LogP contribution in [0.5, 0.6) is 11.5 Å². The third-order valence-corrected chi connectivity index (χ3v) is 5.02. The van der Waals surface area contributed by atoms with E-state index in [9.17, 15) is 24.6 Å². The topological polar surface area (TPSA) is 113 Å². The molecule has 7 nitrogen and oxygen atoms in total. The van der Waals surface area contributed by atoms with E-state index >= 15 is 0 Å². The Morgan fingerprint density at radius 2 is 1.70 bits per heavy atom. The van der Waals surface area contributed by atoms with Crippen molar-refractivity contribution in [3.05, 3.63) is 64.7 Å². The number of allylic oxidation sites excluding steroid dienone is 1. The lowest BCUT2D eigenvalue weighted by atomic mass is 9.79. The van der Waals surface area contributed by atoms with Gasteiger partial charge in [-0.05, 0) is 30.0 Å². The van der Waals surface area contributed by atoms with E-state index in [1.54, 1.807) is 32.0 Å². The molecule has 0 aromatic heterocycles. The van der Waals surface area contributed by atoms with Crippen LogP contribution in [0.1, 0.15) is 46.5 Å². The molecule has 3 N–H and O–H groups in total. The van der Waals surface area contributed by atoms with Gasteiger partial charge in [-0.2, -0.15) is 0 Å². The molecule has 0 fully saturated rings. The Morgan fingerprint density at radius 3 is 2.37 bits per heavy atom. The van der Waals surface area contributed by atoms with Gasteiger partial charge in [0.2, 0.25) is 11.6 Å². The minimum Gasteiger partial charge on any atom is -0.507 e. The number of ether oxygens (including phenoxy) is 1. The van der Waals surface area contributed by atoms with Gasteiger partial charge in [-0.25, -0.2) is 0 Å². The SMILES string of the molecule is COc1ccc(O)c(C(=O)NCC(C)(C)CC2=C(O)c3ccccc3C(=O)C2=O)c1. The second-order valence-corrected chi connectivity index (χ2v) is 7.94. The third-order valence-electron chi connectivity index (χ3n) is 5.02. The quantitative estimate of drug-likeness (QED) is 0.631. The number of carbonyl (C=O) groups excluding carboxylic acids is 3. The average Bonchev–Trinajstić information content (AvgIpc) is 2.74. The number of phenolic OH excluding ortho intramolecular Hbond substituents is 1. The largest absolute Gasteiger partial charge is 0.507 e. The van der Waals surface area contributed by atoms with E-state index < -0.39 is 22.9 Å². The maximum absolute atomic E-state index is 12.5. The van der Waals surface area contributed by atoms with Gasteiger partial charge in [0.1, 0.15) is 17.3 Å². The maximum Gasteiger partial charge on any atom is 0.255 e. The number of rotatable bonds is 6. The third kappa shape index (κ3) is 4.05. The first-order chi connectivity index (χ1) is 14.1. The van der Waals surface area contributed by atoms with E-state index in [0.717, 1.165) is 0 Å². The molecule has 0 radical (unpaired) electrons. The summed E-state index contributed by atoms with van der Waals surface area (Å²) in [6, 6.07) is 10.7. The van der Waals surface area contributed by atoms with Crippen molar-refractivity contribution in [2.45, 2.75) is 20.3 Å². The van der Waals surface area contributed by atoms with Gasteiger partial charge >= 0.3 is 0 Å². The van der Waals surface area contributed by atoms with E-state index in [2.05, 4.69) is 5.32 Å². The van der Waals surface area contributed by atoms with Crippen molar-refractivity contribution in [2.24, 2.45) is 5.41 Å². The zero-order chi connectivity index (χ0) is 22.1. The molecule has 0 unspecified atom stereocenters. The number of aromatic hydroxyl groups is 1. The summed E-state index contributed by atoms with van der Waals surface area (Å²) in [4.78, 5) is 37.5. The molecule has 1 aliphatic carbocycles. The fraction of sp³-hybridized carbons (Fsp3) is 0.261. The normalized spacial score (nSPS) is 13.8. The number of aliphatic hydroxyl groups excluding tert-OH is 1. The zero-order valence-electron chi connectivity index (χ0n) is 17.0. The van der Waals surface area contributed by atoms with Crippen LogP contribution in [0.2, 0.25) is 0 Å². The van der Waals surface area contributed by atoms with Gasteiger partial charge in [-0.3, -0.25) is 14.4 Å². The van der Waals surface area contributed by atoms with Gasteiger partial charge in [-0.15, -0.1) is 0 Å². The van der Waals surface area contributed by atoms with Crippen molar-refractivity contribution in [2.75, 3.05) is 13.7 Å². The molecule has 0 saturated carbocycles. The molecule has 0 spiro atoms. The molecule has 0 saturated heterocycles. The Labute approximate surface area is 174 Å². The van der Waals surface area contributed by atoms with Crippen LogP contribution < -0.4 is 10.1 Å². The van der Waals surface area contributed by atoms with Gasteiger partial charge in [0.25, 0.3) is 5.91 Å². The second-order valence-electron chi connectivity index (χ2n) is 7.94. The van der Waals surface area contributed by atoms with E-state index in [1.165, 1.54) is 31.4 Å². The minimum absolute atomic E-state index is 0.0298. The molecule has 0 bridgehead atoms. The Morgan fingerprint density at radius 1 is 1.03 bits per heavy atom. The number of methoxy groups -OCH3 is 1. The highest BCUT2D eigenvalue weighted by atomic mass is 16.5. The van der Waals surface area contributed by atoms with E-state index in [0.29, 0.717) is 11.3 Å². The number of carbonyl (C=O) groups is 3. The van der Waals surface area contributed by atoms with Gasteiger partial charge in [0, 0.05) is 23.2 Å². The van der Waals surface area contributed by atoms with Crippen molar-refractivity contribution in [1.29, 1.82) is 0 Å². The molecule has 1 amide bonds. The fourth-order valence-corrected chi connectivity index (χ4v) is 3.36. The molecule has 2 aromatic carbocycles. The molecular weight excluding hydrogens is 386 g/mol. The van der Waals surface area contributed by atoms with Crippen molar-refractivity contribution in [3.63, 3.8) is 0 Å². The smallest absolute Gasteiger partial charge is 0.255 e. The number of benzene rings is 2. The summed E-state index contributed by atoms with van der Waals surface area (Å²) in [5.74, 6) is -1.86. The first-order valence-corrected chi connectivity index (χ1v) is 9.40. The number of fused-ring (bicyclic) bond motifs is 1. The molecular formula is C23H23NO6. The Bertz CT molecular complexity index is 1070. The first kappa shape index (κ1) is 21.1. The van der Waals surface area contributed by atoms with Gasteiger partial charge in [0.05, 0.1) is 12.7 Å². The van der Waals surface area contributed by atoms with Crippen molar-refractivity contribution in [3.8, 4) is 11.5 Å². The Balaban J connectivity index is 1.78. The van der Waals surface area contributed by atoms with Gasteiger partial charge < -0.3 is 20.3 Å². The molecule has 2 aromatic rings. The van der Waals surface area contributed by atoms with Crippen molar-refractivity contribution in [1.82, 2.24) is 5.32 Å². The molecule has 0 atom stereocenters. The lowest BCUT2D eigenvalue weighted by Crippen LogP contribution is -2.36. The highest BCUT2D eigenvalue weighted by molar-refractivity contribution is 6.52. The summed E-state index contributed by atoms with van der Waals surface area (Å²) >= 11 is 0. The highest BCUT2D eigenvalue weighted by Crippen LogP contribution is 2.34. The first-order valence-electron chi connectivity index (χ1n) is 9.40. The van der Waals surface area contributed by atoms with Crippen LogP contribution >= 0.6 is 0 Å². The number of aliphatic hydroxyl groups is 1. The summed E-state index contributed by atoms with van der Waals surface area (Å²) in [5.41, 5.74) is -0.0517. The van der Waals surface area contributed by atoms with Crippen LogP contribution in [0.3, 0.4) is 0 Å². The van der Waals surface area contributed by atoms with E-state index in [4.69, 9.17) is 4.74 Å². The van der Waals surface area contributed by atoms with E-state index in [1.807, 2.05) is 0 Å². The van der Waals surface area contributed by atoms with Crippen LogP contribution in [0.15, 0.2) is 48.0 Å². The number of Topliss-reactive ketones (excluding diaryl/α,β-unsaturated/α-hetero) is 2. The Hall–Kier alpha value is -3.61. The van der Waals surface area contributed by atoms with Crippen LogP contribution in [-0.4, -0.2) is 41.3 Å². The van der Waals surface area contributed by atoms with Crippen molar-refractivity contribution >= 4 is 23.2 Å². The second kappa shape index (κ2) is 8.02. The summed E-state index contributed by atoms with van der Waals surface area (Å²) in [5, 5.41) is 23.3. The standard InChI is InChI=1S/C23H23NO6/c1-23(2,12-24-22(29)16-10-13(30-3)8-9-18(16)25)11-17-19(26)14-6-4-5-7-15(14)20(27)21(17)28/h4-10,25-26H,11-12H2,1-3H3,(H,24,29). The monoisotopic (exact) mass is 409 g/mol. The number of amides is 1. The molecule has 30 heavy (non-hydrogen) atoms. The molecule has 3 rings (SSSR count). The van der Waals surface area contributed by atoms with Crippen LogP contribution in [0, 0.1) is 5.41 Å². The number of hydrogen-bond donors (Lipinski definition) is 3. The molecule has 0 aliphatic heterocycles. The number of ketones is 2. The van der Waals surface area contributed by atoms with E-state index in [-0.39, 0.29) is 41.2 Å². The van der Waals surface area contributed by atoms with Crippen molar-refractivity contribution < 1.29 is 29.3 Å². The zero-order valence-corrected chi connectivity index (χ0v) is 17.0. The van der Waals surface area contributed by atoms with Gasteiger partial charge in [-0.1, -0.05) is 38.1 Å². The number of hydrogen-bond acceptors (Lipinski definition) is 6. The van der Waals surface area contributed by atoms with Crippen LogP contribution in [-0.2, 0) is 4.79 Å². The molecule has 7 heteroatoms. The predicted octanol–water partition coefficient (Wildman–Crippen LogP) is 3.28. The Kier molecular flexibility index (Phi) is 5.64. The molecule has 0 heterocycles. The van der Waals surface area contributed by atoms with Crippen LogP contribution in [0.25, 0.3) is 5.76 Å². The average molecular weight is 409 g/mol. The fourth-order valence-electron chi connectivity index (χ4n) is 3.36. The lowest BCUT2D eigenvalue weighted by molar-refractivity contribution is -0.112. The van der Waals surface area contributed by atoms with Gasteiger partial charge in [0.15, 0.2) is 0 Å². The number of phenols is 1. The summed E-state index contributed by atoms with van der Waals surface area (Å²) < 4.78 is 5.07. The summed E-state index contributed by atoms with van der Waals surface area (Å²) in [6.07, 6.45) is 0.0854.